The Morgan fingerprint density at radius 1 is 1.30 bits per heavy atom. The van der Waals surface area contributed by atoms with Crippen molar-refractivity contribution in [2.45, 2.75) is 31.3 Å². The Bertz CT molecular complexity index is 637. The molecular weight excluding hydrogens is 254 g/mol. The molecule has 0 amide bonds. The molecule has 6 nitrogen and oxygen atoms in total. The van der Waals surface area contributed by atoms with E-state index in [0.717, 1.165) is 25.1 Å². The SMILES string of the molecule is N[C@H]1CC[C@H](Nc2ccc(-n3cnccc3=O)cn2)C1. The molecule has 1 aliphatic carbocycles. The van der Waals surface area contributed by atoms with Crippen LogP contribution in [-0.2, 0) is 0 Å². The Balaban J connectivity index is 1.75. The highest BCUT2D eigenvalue weighted by atomic mass is 16.1. The van der Waals surface area contributed by atoms with Gasteiger partial charge in [0.1, 0.15) is 12.1 Å². The van der Waals surface area contributed by atoms with E-state index in [1.165, 1.54) is 23.2 Å². The number of hydrogen-bond donors (Lipinski definition) is 2. The smallest absolute Gasteiger partial charge is 0.257 e. The van der Waals surface area contributed by atoms with Gasteiger partial charge in [-0.05, 0) is 31.4 Å². The fraction of sp³-hybridized carbons (Fsp3) is 0.357. The fourth-order valence-corrected chi connectivity index (χ4v) is 2.51. The van der Waals surface area contributed by atoms with Gasteiger partial charge < -0.3 is 11.1 Å². The molecule has 0 aliphatic heterocycles. The summed E-state index contributed by atoms with van der Waals surface area (Å²) in [5.41, 5.74) is 6.47. The zero-order valence-electron chi connectivity index (χ0n) is 11.1. The first-order valence-corrected chi connectivity index (χ1v) is 6.73. The van der Waals surface area contributed by atoms with Gasteiger partial charge in [0.25, 0.3) is 5.56 Å². The number of pyridine rings is 1. The molecule has 0 spiro atoms. The molecule has 6 heteroatoms. The molecule has 2 atom stereocenters. The monoisotopic (exact) mass is 271 g/mol. The van der Waals surface area contributed by atoms with Crippen LogP contribution >= 0.6 is 0 Å². The van der Waals surface area contributed by atoms with Crippen LogP contribution in [0.15, 0.2) is 41.7 Å². The van der Waals surface area contributed by atoms with Crippen molar-refractivity contribution in [1.29, 1.82) is 0 Å². The molecule has 2 heterocycles. The number of nitrogens with two attached hydrogens (primary N) is 1. The second-order valence-corrected chi connectivity index (χ2v) is 5.10. The number of nitrogens with one attached hydrogen (secondary N) is 1. The Hall–Kier alpha value is -2.21. The summed E-state index contributed by atoms with van der Waals surface area (Å²) < 4.78 is 1.46. The molecule has 3 N–H and O–H groups in total. The van der Waals surface area contributed by atoms with Crippen molar-refractivity contribution in [2.24, 2.45) is 5.73 Å². The maximum atomic E-state index is 11.7. The zero-order valence-corrected chi connectivity index (χ0v) is 11.1. The molecule has 1 fully saturated rings. The van der Waals surface area contributed by atoms with E-state index in [1.54, 1.807) is 6.20 Å². The van der Waals surface area contributed by atoms with E-state index in [4.69, 9.17) is 5.73 Å². The topological polar surface area (TPSA) is 85.8 Å². The summed E-state index contributed by atoms with van der Waals surface area (Å²) in [5.74, 6) is 0.810. The molecule has 2 aromatic heterocycles. The van der Waals surface area contributed by atoms with E-state index in [9.17, 15) is 4.79 Å². The number of aromatic nitrogens is 3. The van der Waals surface area contributed by atoms with E-state index in [-0.39, 0.29) is 5.56 Å². The third kappa shape index (κ3) is 2.70. The van der Waals surface area contributed by atoms with Crippen LogP contribution in [0.25, 0.3) is 5.69 Å². The van der Waals surface area contributed by atoms with E-state index in [2.05, 4.69) is 15.3 Å². The van der Waals surface area contributed by atoms with E-state index in [0.29, 0.717) is 17.8 Å². The van der Waals surface area contributed by atoms with Gasteiger partial charge in [0, 0.05) is 24.3 Å². The van der Waals surface area contributed by atoms with Gasteiger partial charge >= 0.3 is 0 Å². The Labute approximate surface area is 116 Å². The number of nitrogens with zero attached hydrogens (tertiary/aromatic N) is 3. The lowest BCUT2D eigenvalue weighted by Crippen LogP contribution is -2.21. The molecule has 2 aromatic rings. The van der Waals surface area contributed by atoms with Crippen molar-refractivity contribution in [3.05, 3.63) is 47.3 Å². The van der Waals surface area contributed by atoms with Crippen LogP contribution in [-0.4, -0.2) is 26.6 Å². The summed E-state index contributed by atoms with van der Waals surface area (Å²) in [6.45, 7) is 0. The number of hydrogen-bond acceptors (Lipinski definition) is 5. The lowest BCUT2D eigenvalue weighted by atomic mass is 10.2. The number of rotatable bonds is 3. The van der Waals surface area contributed by atoms with Gasteiger partial charge in [0.2, 0.25) is 0 Å². The molecule has 0 saturated heterocycles. The van der Waals surface area contributed by atoms with Crippen LogP contribution in [0.4, 0.5) is 5.82 Å². The van der Waals surface area contributed by atoms with E-state index in [1.807, 2.05) is 12.1 Å². The highest BCUT2D eigenvalue weighted by Crippen LogP contribution is 2.21. The first-order chi connectivity index (χ1) is 9.72. The van der Waals surface area contributed by atoms with E-state index >= 15 is 0 Å². The van der Waals surface area contributed by atoms with Crippen molar-refractivity contribution in [1.82, 2.24) is 14.5 Å². The van der Waals surface area contributed by atoms with Gasteiger partial charge in [-0.25, -0.2) is 9.97 Å². The maximum Gasteiger partial charge on any atom is 0.257 e. The average molecular weight is 271 g/mol. The van der Waals surface area contributed by atoms with Crippen molar-refractivity contribution < 1.29 is 0 Å². The van der Waals surface area contributed by atoms with Crippen molar-refractivity contribution in [3.8, 4) is 5.69 Å². The minimum absolute atomic E-state index is 0.121. The summed E-state index contributed by atoms with van der Waals surface area (Å²) in [6.07, 6.45) is 7.74. The first kappa shape index (κ1) is 12.8. The average Bonchev–Trinajstić information content (AvgIpc) is 2.86. The Morgan fingerprint density at radius 3 is 2.85 bits per heavy atom. The van der Waals surface area contributed by atoms with Crippen molar-refractivity contribution >= 4 is 5.82 Å². The van der Waals surface area contributed by atoms with Crippen molar-refractivity contribution in [2.75, 3.05) is 5.32 Å². The summed E-state index contributed by atoms with van der Waals surface area (Å²) >= 11 is 0. The van der Waals surface area contributed by atoms with Gasteiger partial charge in [0.05, 0.1) is 11.9 Å². The Morgan fingerprint density at radius 2 is 2.20 bits per heavy atom. The summed E-state index contributed by atoms with van der Waals surface area (Å²) in [5, 5.41) is 3.37. The van der Waals surface area contributed by atoms with Crippen molar-refractivity contribution in [3.63, 3.8) is 0 Å². The quantitative estimate of drug-likeness (QED) is 0.867. The predicted octanol–water partition coefficient (Wildman–Crippen LogP) is 0.919. The highest BCUT2D eigenvalue weighted by molar-refractivity contribution is 5.41. The second-order valence-electron chi connectivity index (χ2n) is 5.10. The maximum absolute atomic E-state index is 11.7. The lowest BCUT2D eigenvalue weighted by molar-refractivity contribution is 0.686. The van der Waals surface area contributed by atoms with Gasteiger partial charge in [-0.1, -0.05) is 0 Å². The number of anilines is 1. The summed E-state index contributed by atoms with van der Waals surface area (Å²) in [6, 6.07) is 5.84. The minimum Gasteiger partial charge on any atom is -0.367 e. The van der Waals surface area contributed by atoms with Crippen LogP contribution < -0.4 is 16.6 Å². The molecule has 0 bridgehead atoms. The standard InChI is InChI=1S/C14H17N5O/c15-10-1-2-11(7-10)18-13-4-3-12(8-17-13)19-9-16-6-5-14(19)20/h3-6,8-11H,1-2,7,15H2,(H,17,18)/t10-,11-/m0/s1. The molecule has 0 radical (unpaired) electrons. The van der Waals surface area contributed by atoms with Crippen LogP contribution in [0, 0.1) is 0 Å². The molecule has 3 rings (SSSR count). The first-order valence-electron chi connectivity index (χ1n) is 6.73. The second kappa shape index (κ2) is 5.42. The summed E-state index contributed by atoms with van der Waals surface area (Å²) in [4.78, 5) is 20.0. The highest BCUT2D eigenvalue weighted by Gasteiger charge is 2.21. The molecule has 1 saturated carbocycles. The van der Waals surface area contributed by atoms with Crippen LogP contribution in [0.5, 0.6) is 0 Å². The van der Waals surface area contributed by atoms with Gasteiger partial charge in [-0.2, -0.15) is 0 Å². The zero-order chi connectivity index (χ0) is 13.9. The van der Waals surface area contributed by atoms with E-state index < -0.39 is 0 Å². The Kier molecular flexibility index (Phi) is 3.47. The fourth-order valence-electron chi connectivity index (χ4n) is 2.51. The summed E-state index contributed by atoms with van der Waals surface area (Å²) in [7, 11) is 0. The van der Waals surface area contributed by atoms with Crippen LogP contribution in [0.3, 0.4) is 0 Å². The molecule has 1 aliphatic rings. The molecule has 104 valence electrons. The minimum atomic E-state index is -0.121. The molecule has 0 unspecified atom stereocenters. The molecule has 0 aromatic carbocycles. The van der Waals surface area contributed by atoms with Gasteiger partial charge in [0.15, 0.2) is 0 Å². The van der Waals surface area contributed by atoms with Gasteiger partial charge in [-0.15, -0.1) is 0 Å². The van der Waals surface area contributed by atoms with Crippen LogP contribution in [0.2, 0.25) is 0 Å². The molecule has 20 heavy (non-hydrogen) atoms. The third-order valence-corrected chi connectivity index (χ3v) is 3.57. The third-order valence-electron chi connectivity index (χ3n) is 3.57. The lowest BCUT2D eigenvalue weighted by Gasteiger charge is -2.13. The van der Waals surface area contributed by atoms with Gasteiger partial charge in [-0.3, -0.25) is 9.36 Å². The normalized spacial score (nSPS) is 21.9. The largest absolute Gasteiger partial charge is 0.367 e. The molecular formula is C14H17N5O. The predicted molar refractivity (Wildman–Crippen MR) is 76.9 cm³/mol. The van der Waals surface area contributed by atoms with Crippen LogP contribution in [0.1, 0.15) is 19.3 Å².